The third-order valence-electron chi connectivity index (χ3n) is 2.57. The van der Waals surface area contributed by atoms with Crippen LogP contribution in [0, 0.1) is 0 Å². The van der Waals surface area contributed by atoms with Crippen LogP contribution in [-0.4, -0.2) is 17.2 Å². The normalized spacial score (nSPS) is 18.8. The van der Waals surface area contributed by atoms with Crippen molar-refractivity contribution in [1.29, 1.82) is 0 Å². The first-order valence-electron chi connectivity index (χ1n) is 5.15. The molecule has 0 saturated carbocycles. The highest BCUT2D eigenvalue weighted by Crippen LogP contribution is 2.48. The Morgan fingerprint density at radius 1 is 1.32 bits per heavy atom. The monoisotopic (exact) mass is 326 g/mol. The third-order valence-corrected chi connectivity index (χ3v) is 4.65. The number of alkyl halides is 3. The predicted octanol–water partition coefficient (Wildman–Crippen LogP) is 5.00. The van der Waals surface area contributed by atoms with Gasteiger partial charge in [0.15, 0.2) is 5.78 Å². The van der Waals surface area contributed by atoms with Gasteiger partial charge >= 0.3 is 6.18 Å². The summed E-state index contributed by atoms with van der Waals surface area (Å²) in [6, 6.07) is 2.88. The van der Waals surface area contributed by atoms with Crippen molar-refractivity contribution in [2.24, 2.45) is 0 Å². The molecule has 0 spiro atoms. The lowest BCUT2D eigenvalue weighted by molar-refractivity contribution is -0.128. The number of rotatable bonds is 1. The average Bonchev–Trinajstić information content (AvgIpc) is 2.25. The summed E-state index contributed by atoms with van der Waals surface area (Å²) in [4.78, 5) is 11.7. The molecule has 1 nitrogen and oxygen atoms in total. The molecule has 0 bridgehead atoms. The Bertz CT molecular complexity index is 581. The molecule has 102 valence electrons. The standard InChI is InChI=1S/C12H7Cl2F3OS/c1-5(18)8-3-6-2-7(13)4-9(14)10(6)19-11(8)12(15,16)17/h2-4,11H,1H3. The van der Waals surface area contributed by atoms with Gasteiger partial charge in [0.2, 0.25) is 0 Å². The maximum absolute atomic E-state index is 13.0. The summed E-state index contributed by atoms with van der Waals surface area (Å²) in [5.74, 6) is -0.614. The maximum Gasteiger partial charge on any atom is 0.405 e. The van der Waals surface area contributed by atoms with Gasteiger partial charge in [0.1, 0.15) is 5.25 Å². The number of thioether (sulfide) groups is 1. The smallest absolute Gasteiger partial charge is 0.295 e. The highest BCUT2D eigenvalue weighted by Gasteiger charge is 2.46. The number of hydrogen-bond acceptors (Lipinski definition) is 2. The fourth-order valence-corrected chi connectivity index (χ4v) is 3.56. The molecule has 0 saturated heterocycles. The summed E-state index contributed by atoms with van der Waals surface area (Å²) in [6.07, 6.45) is -3.30. The van der Waals surface area contributed by atoms with Gasteiger partial charge in [-0.1, -0.05) is 23.2 Å². The zero-order valence-corrected chi connectivity index (χ0v) is 11.8. The highest BCUT2D eigenvalue weighted by atomic mass is 35.5. The third kappa shape index (κ3) is 2.93. The molecule has 2 rings (SSSR count). The highest BCUT2D eigenvalue weighted by molar-refractivity contribution is 8.00. The number of Topliss-reactive ketones (excluding diaryl/α,β-unsaturated/α-hetero) is 1. The van der Waals surface area contributed by atoms with Crippen LogP contribution in [0.15, 0.2) is 22.6 Å². The molecule has 0 amide bonds. The van der Waals surface area contributed by atoms with E-state index in [1.165, 1.54) is 18.2 Å². The van der Waals surface area contributed by atoms with E-state index in [4.69, 9.17) is 23.2 Å². The molecule has 0 radical (unpaired) electrons. The van der Waals surface area contributed by atoms with E-state index in [0.29, 0.717) is 27.2 Å². The Balaban J connectivity index is 2.61. The molecule has 7 heteroatoms. The van der Waals surface area contributed by atoms with Crippen LogP contribution in [0.5, 0.6) is 0 Å². The summed E-state index contributed by atoms with van der Waals surface area (Å²) >= 11 is 12.2. The number of carbonyl (C=O) groups is 1. The van der Waals surface area contributed by atoms with E-state index in [9.17, 15) is 18.0 Å². The molecule has 1 unspecified atom stereocenters. The lowest BCUT2D eigenvalue weighted by Gasteiger charge is -2.26. The summed E-state index contributed by atoms with van der Waals surface area (Å²) in [6.45, 7) is 1.11. The molecule has 0 fully saturated rings. The van der Waals surface area contributed by atoms with Crippen LogP contribution in [0.1, 0.15) is 12.5 Å². The van der Waals surface area contributed by atoms with Crippen molar-refractivity contribution in [1.82, 2.24) is 0 Å². The zero-order valence-electron chi connectivity index (χ0n) is 9.52. The molecule has 1 heterocycles. The molecule has 0 N–H and O–H groups in total. The number of carbonyl (C=O) groups excluding carboxylic acids is 1. The van der Waals surface area contributed by atoms with Crippen LogP contribution < -0.4 is 0 Å². The second kappa shape index (κ2) is 5.04. The van der Waals surface area contributed by atoms with E-state index in [-0.39, 0.29) is 10.6 Å². The lowest BCUT2D eigenvalue weighted by atomic mass is 10.0. The molecule has 1 aromatic rings. The second-order valence-electron chi connectivity index (χ2n) is 4.00. The van der Waals surface area contributed by atoms with Gasteiger partial charge in [-0.15, -0.1) is 11.8 Å². The lowest BCUT2D eigenvalue weighted by Crippen LogP contribution is -2.31. The number of hydrogen-bond donors (Lipinski definition) is 0. The van der Waals surface area contributed by atoms with E-state index in [0.717, 1.165) is 6.92 Å². The Hall–Kier alpha value is -0.650. The van der Waals surface area contributed by atoms with E-state index in [1.807, 2.05) is 0 Å². The molecule has 1 aliphatic rings. The van der Waals surface area contributed by atoms with Crippen molar-refractivity contribution in [3.8, 4) is 0 Å². The van der Waals surface area contributed by atoms with Crippen LogP contribution in [-0.2, 0) is 4.79 Å². The van der Waals surface area contributed by atoms with Gasteiger partial charge < -0.3 is 0 Å². The number of halogens is 5. The van der Waals surface area contributed by atoms with Gasteiger partial charge in [0, 0.05) is 15.5 Å². The number of ketones is 1. The number of fused-ring (bicyclic) bond motifs is 1. The topological polar surface area (TPSA) is 17.1 Å². The average molecular weight is 327 g/mol. The van der Waals surface area contributed by atoms with Gasteiger partial charge in [-0.05, 0) is 30.7 Å². The summed E-state index contributed by atoms with van der Waals surface area (Å²) < 4.78 is 38.9. The van der Waals surface area contributed by atoms with Gasteiger partial charge in [0.25, 0.3) is 0 Å². The van der Waals surface area contributed by atoms with Crippen molar-refractivity contribution in [3.05, 3.63) is 33.3 Å². The Morgan fingerprint density at radius 2 is 1.95 bits per heavy atom. The second-order valence-corrected chi connectivity index (χ2v) is 5.96. The van der Waals surface area contributed by atoms with E-state index < -0.39 is 17.2 Å². The fourth-order valence-electron chi connectivity index (χ4n) is 1.77. The van der Waals surface area contributed by atoms with Crippen molar-refractivity contribution in [2.75, 3.05) is 0 Å². The molecule has 19 heavy (non-hydrogen) atoms. The van der Waals surface area contributed by atoms with Crippen molar-refractivity contribution < 1.29 is 18.0 Å². The molecule has 0 aliphatic carbocycles. The summed E-state index contributed by atoms with van der Waals surface area (Å²) in [5, 5.41) is -1.43. The summed E-state index contributed by atoms with van der Waals surface area (Å²) in [5.41, 5.74) is 0.150. The first-order chi connectivity index (χ1) is 8.70. The minimum Gasteiger partial charge on any atom is -0.295 e. The van der Waals surface area contributed by atoms with Crippen LogP contribution in [0.25, 0.3) is 6.08 Å². The van der Waals surface area contributed by atoms with E-state index in [1.54, 1.807) is 0 Å². The molecule has 0 aromatic heterocycles. The zero-order chi connectivity index (χ0) is 14.4. The van der Waals surface area contributed by atoms with Crippen molar-refractivity contribution >= 4 is 46.8 Å². The maximum atomic E-state index is 13.0. The molecule has 1 aliphatic heterocycles. The summed E-state index contributed by atoms with van der Waals surface area (Å²) in [7, 11) is 0. The first-order valence-corrected chi connectivity index (χ1v) is 6.78. The van der Waals surface area contributed by atoms with Gasteiger partial charge in [-0.3, -0.25) is 4.79 Å². The van der Waals surface area contributed by atoms with Crippen LogP contribution in [0.3, 0.4) is 0 Å². The largest absolute Gasteiger partial charge is 0.405 e. The van der Waals surface area contributed by atoms with Gasteiger partial charge in [0.05, 0.1) is 5.02 Å². The Labute approximate surface area is 121 Å². The Kier molecular flexibility index (Phi) is 3.91. The molecule has 1 atom stereocenters. The number of benzene rings is 1. The van der Waals surface area contributed by atoms with Crippen LogP contribution in [0.2, 0.25) is 10.0 Å². The quantitative estimate of drug-likeness (QED) is 0.722. The fraction of sp³-hybridized carbons (Fsp3) is 0.250. The van der Waals surface area contributed by atoms with Crippen LogP contribution in [0.4, 0.5) is 13.2 Å². The molecular formula is C12H7Cl2F3OS. The van der Waals surface area contributed by atoms with Crippen molar-refractivity contribution in [3.63, 3.8) is 0 Å². The molecule has 1 aromatic carbocycles. The van der Waals surface area contributed by atoms with Gasteiger partial charge in [-0.25, -0.2) is 0 Å². The van der Waals surface area contributed by atoms with E-state index in [2.05, 4.69) is 0 Å². The minimum atomic E-state index is -4.51. The van der Waals surface area contributed by atoms with Crippen molar-refractivity contribution in [2.45, 2.75) is 23.2 Å². The molecular weight excluding hydrogens is 320 g/mol. The first kappa shape index (κ1) is 14.8. The minimum absolute atomic E-state index is 0.153. The van der Waals surface area contributed by atoms with Gasteiger partial charge in [-0.2, -0.15) is 13.2 Å². The van der Waals surface area contributed by atoms with E-state index >= 15 is 0 Å². The predicted molar refractivity (Wildman–Crippen MR) is 70.8 cm³/mol. The van der Waals surface area contributed by atoms with Crippen LogP contribution >= 0.6 is 35.0 Å². The Morgan fingerprint density at radius 3 is 2.47 bits per heavy atom. The SMILES string of the molecule is CC(=O)C1=Cc2cc(Cl)cc(Cl)c2SC1C(F)(F)F.